The van der Waals surface area contributed by atoms with Crippen LogP contribution < -0.4 is 11.1 Å². The van der Waals surface area contributed by atoms with Gasteiger partial charge in [-0.3, -0.25) is 4.79 Å². The van der Waals surface area contributed by atoms with E-state index in [1.165, 1.54) is 0 Å². The molecule has 0 aromatic heterocycles. The Morgan fingerprint density at radius 2 is 2.00 bits per heavy atom. The van der Waals surface area contributed by atoms with Crippen LogP contribution in [-0.2, 0) is 0 Å². The highest BCUT2D eigenvalue weighted by atomic mass is 16.1. The van der Waals surface area contributed by atoms with Crippen molar-refractivity contribution in [2.45, 2.75) is 27.7 Å². The molecule has 0 aliphatic carbocycles. The number of hydrogen-bond acceptors (Lipinski definition) is 2. The predicted molar refractivity (Wildman–Crippen MR) is 67.4 cm³/mol. The number of nitrogens with one attached hydrogen (secondary N) is 1. The van der Waals surface area contributed by atoms with Crippen molar-refractivity contribution in [2.24, 2.45) is 5.41 Å². The molecule has 0 fully saturated rings. The predicted octanol–water partition coefficient (Wildman–Crippen LogP) is 2.35. The monoisotopic (exact) mass is 220 g/mol. The molecule has 1 aromatic rings. The molecule has 0 bridgehead atoms. The summed E-state index contributed by atoms with van der Waals surface area (Å²) < 4.78 is 0. The Hall–Kier alpha value is -1.51. The van der Waals surface area contributed by atoms with Crippen molar-refractivity contribution < 1.29 is 4.79 Å². The molecule has 1 rings (SSSR count). The summed E-state index contributed by atoms with van der Waals surface area (Å²) in [7, 11) is 0. The van der Waals surface area contributed by atoms with Crippen LogP contribution in [0.5, 0.6) is 0 Å². The number of amides is 1. The molecule has 0 saturated carbocycles. The lowest BCUT2D eigenvalue weighted by Crippen LogP contribution is -2.32. The summed E-state index contributed by atoms with van der Waals surface area (Å²) in [6.07, 6.45) is 0. The summed E-state index contributed by atoms with van der Waals surface area (Å²) in [5.74, 6) is -0.0435. The average molecular weight is 220 g/mol. The topological polar surface area (TPSA) is 55.1 Å². The van der Waals surface area contributed by atoms with Gasteiger partial charge in [0.25, 0.3) is 5.91 Å². The lowest BCUT2D eigenvalue weighted by molar-refractivity contribution is 0.0939. The number of benzene rings is 1. The van der Waals surface area contributed by atoms with Crippen molar-refractivity contribution in [1.82, 2.24) is 5.32 Å². The molecule has 0 aliphatic heterocycles. The van der Waals surface area contributed by atoms with Crippen LogP contribution in [0.2, 0.25) is 0 Å². The highest BCUT2D eigenvalue weighted by molar-refractivity contribution is 5.94. The number of hydrogen-bond donors (Lipinski definition) is 2. The summed E-state index contributed by atoms with van der Waals surface area (Å²) in [5.41, 5.74) is 8.11. The maximum Gasteiger partial charge on any atom is 0.251 e. The Morgan fingerprint density at radius 1 is 1.38 bits per heavy atom. The fourth-order valence-electron chi connectivity index (χ4n) is 1.26. The summed E-state index contributed by atoms with van der Waals surface area (Å²) in [6, 6.07) is 5.33. The molecule has 16 heavy (non-hydrogen) atoms. The minimum Gasteiger partial charge on any atom is -0.399 e. The van der Waals surface area contributed by atoms with Crippen molar-refractivity contribution in [2.75, 3.05) is 12.3 Å². The van der Waals surface area contributed by atoms with E-state index >= 15 is 0 Å². The van der Waals surface area contributed by atoms with E-state index in [-0.39, 0.29) is 11.3 Å². The Bertz CT molecular complexity index is 391. The van der Waals surface area contributed by atoms with Gasteiger partial charge in [0.05, 0.1) is 0 Å². The first-order chi connectivity index (χ1) is 7.29. The van der Waals surface area contributed by atoms with Crippen LogP contribution in [0.25, 0.3) is 0 Å². The molecule has 0 atom stereocenters. The van der Waals surface area contributed by atoms with Gasteiger partial charge >= 0.3 is 0 Å². The van der Waals surface area contributed by atoms with E-state index in [4.69, 9.17) is 5.73 Å². The number of carbonyl (C=O) groups is 1. The fourth-order valence-corrected chi connectivity index (χ4v) is 1.26. The summed E-state index contributed by atoms with van der Waals surface area (Å²) in [6.45, 7) is 8.82. The highest BCUT2D eigenvalue weighted by Gasteiger charge is 2.13. The quantitative estimate of drug-likeness (QED) is 0.752. The van der Waals surface area contributed by atoms with Crippen molar-refractivity contribution in [3.8, 4) is 0 Å². The number of aryl methyl sites for hydroxylation is 1. The van der Waals surface area contributed by atoms with Crippen LogP contribution in [0, 0.1) is 12.3 Å². The van der Waals surface area contributed by atoms with Gasteiger partial charge in [-0.25, -0.2) is 0 Å². The molecular formula is C13H20N2O. The second kappa shape index (κ2) is 4.56. The van der Waals surface area contributed by atoms with Gasteiger partial charge in [-0.05, 0) is 36.1 Å². The van der Waals surface area contributed by atoms with E-state index in [0.29, 0.717) is 17.8 Å². The largest absolute Gasteiger partial charge is 0.399 e. The highest BCUT2D eigenvalue weighted by Crippen LogP contribution is 2.14. The smallest absolute Gasteiger partial charge is 0.251 e. The Kier molecular flexibility index (Phi) is 3.58. The van der Waals surface area contributed by atoms with Crippen LogP contribution in [0.4, 0.5) is 5.69 Å². The first kappa shape index (κ1) is 12.6. The van der Waals surface area contributed by atoms with Gasteiger partial charge in [-0.2, -0.15) is 0 Å². The SMILES string of the molecule is Cc1cc(C(=O)NCC(C)(C)C)ccc1N. The van der Waals surface area contributed by atoms with E-state index in [9.17, 15) is 4.79 Å². The minimum absolute atomic E-state index is 0.0435. The summed E-state index contributed by atoms with van der Waals surface area (Å²) in [5, 5.41) is 2.91. The second-order valence-corrected chi connectivity index (χ2v) is 5.31. The van der Waals surface area contributed by atoms with Crippen molar-refractivity contribution in [1.29, 1.82) is 0 Å². The number of nitrogen functional groups attached to an aromatic ring is 1. The second-order valence-electron chi connectivity index (χ2n) is 5.31. The van der Waals surface area contributed by atoms with Crippen LogP contribution in [0.3, 0.4) is 0 Å². The number of anilines is 1. The maximum absolute atomic E-state index is 11.8. The van der Waals surface area contributed by atoms with Gasteiger partial charge in [-0.15, -0.1) is 0 Å². The van der Waals surface area contributed by atoms with E-state index in [1.54, 1.807) is 12.1 Å². The van der Waals surface area contributed by atoms with Crippen LogP contribution >= 0.6 is 0 Å². The Morgan fingerprint density at radius 3 is 2.50 bits per heavy atom. The van der Waals surface area contributed by atoms with E-state index in [1.807, 2.05) is 13.0 Å². The van der Waals surface area contributed by atoms with Crippen LogP contribution in [0.15, 0.2) is 18.2 Å². The number of rotatable bonds is 2. The zero-order valence-corrected chi connectivity index (χ0v) is 10.4. The number of carbonyl (C=O) groups excluding carboxylic acids is 1. The standard InChI is InChI=1S/C13H20N2O/c1-9-7-10(5-6-11(9)14)12(16)15-8-13(2,3)4/h5-7H,8,14H2,1-4H3,(H,15,16). The lowest BCUT2D eigenvalue weighted by atomic mass is 9.97. The third-order valence-electron chi connectivity index (χ3n) is 2.31. The molecule has 0 saturated heterocycles. The van der Waals surface area contributed by atoms with Gasteiger partial charge in [0, 0.05) is 17.8 Å². The molecule has 0 aliphatic rings. The molecule has 88 valence electrons. The molecular weight excluding hydrogens is 200 g/mol. The zero-order chi connectivity index (χ0) is 12.3. The Balaban J connectivity index is 2.70. The molecule has 3 N–H and O–H groups in total. The summed E-state index contributed by atoms with van der Waals surface area (Å²) in [4.78, 5) is 11.8. The van der Waals surface area contributed by atoms with Crippen molar-refractivity contribution in [3.05, 3.63) is 29.3 Å². The lowest BCUT2D eigenvalue weighted by Gasteiger charge is -2.18. The van der Waals surface area contributed by atoms with E-state index in [2.05, 4.69) is 26.1 Å². The first-order valence-corrected chi connectivity index (χ1v) is 5.44. The van der Waals surface area contributed by atoms with Gasteiger partial charge < -0.3 is 11.1 Å². The fraction of sp³-hybridized carbons (Fsp3) is 0.462. The van der Waals surface area contributed by atoms with Gasteiger partial charge in [0.15, 0.2) is 0 Å². The van der Waals surface area contributed by atoms with Crippen molar-refractivity contribution >= 4 is 11.6 Å². The van der Waals surface area contributed by atoms with Crippen LogP contribution in [0.1, 0.15) is 36.7 Å². The maximum atomic E-state index is 11.8. The van der Waals surface area contributed by atoms with Gasteiger partial charge in [-0.1, -0.05) is 20.8 Å². The molecule has 1 aromatic carbocycles. The van der Waals surface area contributed by atoms with Crippen molar-refractivity contribution in [3.63, 3.8) is 0 Å². The van der Waals surface area contributed by atoms with E-state index in [0.717, 1.165) is 5.56 Å². The van der Waals surface area contributed by atoms with Gasteiger partial charge in [0.1, 0.15) is 0 Å². The molecule has 0 heterocycles. The summed E-state index contributed by atoms with van der Waals surface area (Å²) >= 11 is 0. The molecule has 3 nitrogen and oxygen atoms in total. The molecule has 1 amide bonds. The van der Waals surface area contributed by atoms with Crippen LogP contribution in [-0.4, -0.2) is 12.5 Å². The third-order valence-corrected chi connectivity index (χ3v) is 2.31. The zero-order valence-electron chi connectivity index (χ0n) is 10.4. The average Bonchev–Trinajstić information content (AvgIpc) is 2.17. The van der Waals surface area contributed by atoms with E-state index < -0.39 is 0 Å². The third kappa shape index (κ3) is 3.57. The number of nitrogens with two attached hydrogens (primary N) is 1. The first-order valence-electron chi connectivity index (χ1n) is 5.44. The van der Waals surface area contributed by atoms with Gasteiger partial charge in [0.2, 0.25) is 0 Å². The minimum atomic E-state index is -0.0435. The molecule has 0 spiro atoms. The molecule has 0 radical (unpaired) electrons. The molecule has 0 unspecified atom stereocenters. The molecule has 3 heteroatoms. The normalized spacial score (nSPS) is 11.2. The Labute approximate surface area is 97.0 Å².